The van der Waals surface area contributed by atoms with Crippen LogP contribution in [0.25, 0.3) is 0 Å². The van der Waals surface area contributed by atoms with Crippen LogP contribution < -0.4 is 5.73 Å². The molecule has 1 aliphatic rings. The van der Waals surface area contributed by atoms with E-state index in [4.69, 9.17) is 10.8 Å². The highest BCUT2D eigenvalue weighted by atomic mass is 16.4. The van der Waals surface area contributed by atoms with Gasteiger partial charge in [-0.2, -0.15) is 0 Å². The molecule has 0 heterocycles. The molecule has 1 unspecified atom stereocenters. The van der Waals surface area contributed by atoms with E-state index in [1.807, 2.05) is 19.1 Å². The standard InChI is InChI=1S/C9H13NO2/c1-6-2-4-7(5-3-6)8(10)9(11)12/h2,5,8H,3-4,10H2,1H3,(H,11,12). The molecule has 1 aliphatic carbocycles. The molecule has 1 rings (SSSR count). The summed E-state index contributed by atoms with van der Waals surface area (Å²) in [6.07, 6.45) is 5.45. The Bertz CT molecular complexity index is 253. The Kier molecular flexibility index (Phi) is 2.65. The van der Waals surface area contributed by atoms with Crippen LogP contribution in [0.4, 0.5) is 0 Å². The summed E-state index contributed by atoms with van der Waals surface area (Å²) in [4.78, 5) is 10.5. The summed E-state index contributed by atoms with van der Waals surface area (Å²) in [6.45, 7) is 2.03. The Labute approximate surface area is 71.6 Å². The van der Waals surface area contributed by atoms with Crippen molar-refractivity contribution in [3.05, 3.63) is 23.3 Å². The number of hydrogen-bond donors (Lipinski definition) is 2. The maximum absolute atomic E-state index is 10.5. The molecule has 3 N–H and O–H groups in total. The lowest BCUT2D eigenvalue weighted by Gasteiger charge is -2.14. The Morgan fingerprint density at radius 2 is 2.25 bits per heavy atom. The Morgan fingerprint density at radius 1 is 1.58 bits per heavy atom. The third-order valence-electron chi connectivity index (χ3n) is 2.04. The third-order valence-corrected chi connectivity index (χ3v) is 2.04. The van der Waals surface area contributed by atoms with Gasteiger partial charge in [0.1, 0.15) is 6.04 Å². The van der Waals surface area contributed by atoms with Crippen LogP contribution in [0.1, 0.15) is 19.8 Å². The van der Waals surface area contributed by atoms with Crippen LogP contribution in [0.2, 0.25) is 0 Å². The normalized spacial score (nSPS) is 19.5. The van der Waals surface area contributed by atoms with Crippen LogP contribution in [0.15, 0.2) is 23.3 Å². The van der Waals surface area contributed by atoms with Crippen molar-refractivity contribution in [2.24, 2.45) is 5.73 Å². The zero-order chi connectivity index (χ0) is 9.14. The van der Waals surface area contributed by atoms with E-state index in [-0.39, 0.29) is 0 Å². The summed E-state index contributed by atoms with van der Waals surface area (Å²) in [7, 11) is 0. The Balaban J connectivity index is 2.62. The van der Waals surface area contributed by atoms with Crippen molar-refractivity contribution in [1.29, 1.82) is 0 Å². The van der Waals surface area contributed by atoms with Crippen molar-refractivity contribution < 1.29 is 9.90 Å². The van der Waals surface area contributed by atoms with Gasteiger partial charge in [-0.1, -0.05) is 17.7 Å². The van der Waals surface area contributed by atoms with Crippen LogP contribution in [0, 0.1) is 0 Å². The van der Waals surface area contributed by atoms with Crippen molar-refractivity contribution in [2.45, 2.75) is 25.8 Å². The van der Waals surface area contributed by atoms with Gasteiger partial charge in [0.25, 0.3) is 0 Å². The van der Waals surface area contributed by atoms with Crippen molar-refractivity contribution in [3.63, 3.8) is 0 Å². The first-order valence-electron chi connectivity index (χ1n) is 3.94. The minimum absolute atomic E-state index is 0.680. The predicted molar refractivity (Wildman–Crippen MR) is 46.7 cm³/mol. The van der Waals surface area contributed by atoms with Crippen LogP contribution in [0.3, 0.4) is 0 Å². The number of hydrogen-bond acceptors (Lipinski definition) is 2. The molecule has 12 heavy (non-hydrogen) atoms. The topological polar surface area (TPSA) is 63.3 Å². The van der Waals surface area contributed by atoms with Gasteiger partial charge >= 0.3 is 5.97 Å². The number of nitrogens with two attached hydrogens (primary N) is 1. The number of carboxylic acids is 1. The third kappa shape index (κ3) is 1.95. The van der Waals surface area contributed by atoms with Crippen LogP contribution in [0.5, 0.6) is 0 Å². The molecular formula is C9H13NO2. The Hall–Kier alpha value is -1.09. The second-order valence-electron chi connectivity index (χ2n) is 3.05. The summed E-state index contributed by atoms with van der Waals surface area (Å²) < 4.78 is 0. The maximum Gasteiger partial charge on any atom is 0.324 e. The van der Waals surface area contributed by atoms with Gasteiger partial charge in [-0.15, -0.1) is 0 Å². The summed E-state index contributed by atoms with van der Waals surface area (Å²) in [6, 6.07) is -0.825. The maximum atomic E-state index is 10.5. The highest BCUT2D eigenvalue weighted by Gasteiger charge is 2.17. The van der Waals surface area contributed by atoms with Gasteiger partial charge < -0.3 is 10.8 Å². The highest BCUT2D eigenvalue weighted by Crippen LogP contribution is 2.18. The van der Waals surface area contributed by atoms with E-state index in [1.165, 1.54) is 5.57 Å². The lowest BCUT2D eigenvalue weighted by molar-refractivity contribution is -0.137. The fourth-order valence-corrected chi connectivity index (χ4v) is 1.16. The van der Waals surface area contributed by atoms with Crippen molar-refractivity contribution in [2.75, 3.05) is 0 Å². The minimum Gasteiger partial charge on any atom is -0.480 e. The monoisotopic (exact) mass is 167 g/mol. The number of aliphatic carboxylic acids is 1. The molecule has 0 fully saturated rings. The molecule has 0 bridgehead atoms. The highest BCUT2D eigenvalue weighted by molar-refractivity contribution is 5.77. The van der Waals surface area contributed by atoms with Gasteiger partial charge in [0.05, 0.1) is 0 Å². The fourth-order valence-electron chi connectivity index (χ4n) is 1.16. The van der Waals surface area contributed by atoms with E-state index in [1.54, 1.807) is 0 Å². The second kappa shape index (κ2) is 3.54. The summed E-state index contributed by atoms with van der Waals surface area (Å²) in [5, 5.41) is 8.61. The molecule has 0 saturated carbocycles. The molecule has 66 valence electrons. The lowest BCUT2D eigenvalue weighted by atomic mass is 9.95. The largest absolute Gasteiger partial charge is 0.480 e. The molecule has 3 nitrogen and oxygen atoms in total. The van der Waals surface area contributed by atoms with Crippen molar-refractivity contribution in [3.8, 4) is 0 Å². The SMILES string of the molecule is CC1=CCC(C(N)C(=O)O)=CC1. The van der Waals surface area contributed by atoms with E-state index < -0.39 is 12.0 Å². The van der Waals surface area contributed by atoms with Crippen LogP contribution in [-0.4, -0.2) is 17.1 Å². The van der Waals surface area contributed by atoms with Gasteiger partial charge in [0.2, 0.25) is 0 Å². The summed E-state index contributed by atoms with van der Waals surface area (Å²) >= 11 is 0. The molecule has 3 heteroatoms. The number of carboxylic acid groups (broad SMARTS) is 1. The van der Waals surface area contributed by atoms with Gasteiger partial charge in [-0.25, -0.2) is 0 Å². The van der Waals surface area contributed by atoms with E-state index in [2.05, 4.69) is 0 Å². The van der Waals surface area contributed by atoms with Crippen LogP contribution in [-0.2, 0) is 4.79 Å². The smallest absolute Gasteiger partial charge is 0.324 e. The number of carbonyl (C=O) groups is 1. The molecule has 0 aromatic heterocycles. The van der Waals surface area contributed by atoms with E-state index in [0.29, 0.717) is 6.42 Å². The first kappa shape index (κ1) is 9.00. The van der Waals surface area contributed by atoms with Gasteiger partial charge in [-0.05, 0) is 25.3 Å². The predicted octanol–water partition coefficient (Wildman–Crippen LogP) is 1.06. The zero-order valence-electron chi connectivity index (χ0n) is 7.08. The number of rotatable bonds is 2. The quantitative estimate of drug-likeness (QED) is 0.604. The first-order chi connectivity index (χ1) is 5.61. The van der Waals surface area contributed by atoms with E-state index >= 15 is 0 Å². The molecule has 0 aromatic carbocycles. The lowest BCUT2D eigenvalue weighted by Crippen LogP contribution is -2.32. The average Bonchev–Trinajstić information content (AvgIpc) is 2.04. The summed E-state index contributed by atoms with van der Waals surface area (Å²) in [5.41, 5.74) is 7.53. The van der Waals surface area contributed by atoms with Gasteiger partial charge in [-0.3, -0.25) is 4.79 Å². The van der Waals surface area contributed by atoms with E-state index in [0.717, 1.165) is 12.0 Å². The van der Waals surface area contributed by atoms with Gasteiger partial charge in [0, 0.05) is 0 Å². The van der Waals surface area contributed by atoms with Crippen LogP contribution >= 0.6 is 0 Å². The van der Waals surface area contributed by atoms with Gasteiger partial charge in [0.15, 0.2) is 0 Å². The molecule has 0 radical (unpaired) electrons. The van der Waals surface area contributed by atoms with Crippen molar-refractivity contribution >= 4 is 5.97 Å². The zero-order valence-corrected chi connectivity index (χ0v) is 7.08. The second-order valence-corrected chi connectivity index (χ2v) is 3.05. The molecule has 1 atom stereocenters. The molecule has 0 aliphatic heterocycles. The molecule has 0 saturated heterocycles. The molecule has 0 spiro atoms. The summed E-state index contributed by atoms with van der Waals surface area (Å²) in [5.74, 6) is -0.950. The number of allylic oxidation sites excluding steroid dienone is 3. The van der Waals surface area contributed by atoms with Crippen molar-refractivity contribution in [1.82, 2.24) is 0 Å². The molecular weight excluding hydrogens is 154 g/mol. The molecule has 0 aromatic rings. The van der Waals surface area contributed by atoms with E-state index in [9.17, 15) is 4.79 Å². The first-order valence-corrected chi connectivity index (χ1v) is 3.94. The Morgan fingerprint density at radius 3 is 2.67 bits per heavy atom. The fraction of sp³-hybridized carbons (Fsp3) is 0.444. The molecule has 0 amide bonds. The minimum atomic E-state index is -0.950. The average molecular weight is 167 g/mol.